The van der Waals surface area contributed by atoms with E-state index in [2.05, 4.69) is 61.7 Å². The molecule has 0 bridgehead atoms. The molecule has 0 amide bonds. The second-order valence-electron chi connectivity index (χ2n) is 6.07. The third-order valence-corrected chi connectivity index (χ3v) is 3.96. The largest absolute Gasteiger partial charge is 0.381 e. The van der Waals surface area contributed by atoms with Crippen molar-refractivity contribution in [2.24, 2.45) is 0 Å². The Balaban J connectivity index is 1.69. The predicted octanol–water partition coefficient (Wildman–Crippen LogP) is 5.55. The second kappa shape index (κ2) is 8.50. The van der Waals surface area contributed by atoms with E-state index >= 15 is 0 Å². The average Bonchev–Trinajstić information content (AvgIpc) is 2.55. The fourth-order valence-electron chi connectivity index (χ4n) is 2.39. The zero-order chi connectivity index (χ0) is 16.7. The maximum absolute atomic E-state index is 5.76. The molecule has 1 heteroatoms. The summed E-state index contributed by atoms with van der Waals surface area (Å²) in [6.45, 7) is 13.5. The van der Waals surface area contributed by atoms with Crippen molar-refractivity contribution < 1.29 is 4.74 Å². The highest BCUT2D eigenvalue weighted by Gasteiger charge is 1.98. The summed E-state index contributed by atoms with van der Waals surface area (Å²) in [5, 5.41) is 0. The minimum absolute atomic E-state index is 0.760. The van der Waals surface area contributed by atoms with E-state index in [1.807, 2.05) is 13.8 Å². The van der Waals surface area contributed by atoms with Crippen molar-refractivity contribution in [1.29, 1.82) is 0 Å². The van der Waals surface area contributed by atoms with Gasteiger partial charge in [-0.25, -0.2) is 0 Å². The molecule has 2 aromatic rings. The first-order valence-corrected chi connectivity index (χ1v) is 8.13. The highest BCUT2D eigenvalue weighted by atomic mass is 16.5. The van der Waals surface area contributed by atoms with Crippen LogP contribution >= 0.6 is 0 Å². The van der Waals surface area contributed by atoms with Crippen LogP contribution in [0.1, 0.15) is 36.1 Å². The van der Waals surface area contributed by atoms with Crippen LogP contribution in [0.3, 0.4) is 0 Å². The molecule has 23 heavy (non-hydrogen) atoms. The lowest BCUT2D eigenvalue weighted by Crippen LogP contribution is -2.03. The van der Waals surface area contributed by atoms with E-state index in [-0.39, 0.29) is 0 Å². The molecule has 120 valence electrons. The number of hydrogen-bond donors (Lipinski definition) is 0. The Morgan fingerprint density at radius 3 is 1.35 bits per heavy atom. The molecule has 0 atom stereocenters. The summed E-state index contributed by atoms with van der Waals surface area (Å²) in [6, 6.07) is 17.1. The predicted molar refractivity (Wildman–Crippen MR) is 101 cm³/mol. The van der Waals surface area contributed by atoms with Crippen molar-refractivity contribution in [3.8, 4) is 0 Å². The Morgan fingerprint density at radius 1 is 0.696 bits per heavy atom. The van der Waals surface area contributed by atoms with Gasteiger partial charge in [-0.15, -0.1) is 0 Å². The number of hydrogen-bond acceptors (Lipinski definition) is 1. The highest BCUT2D eigenvalue weighted by Crippen LogP contribution is 2.14. The Hall–Kier alpha value is -2.12. The van der Waals surface area contributed by atoms with Crippen LogP contribution < -0.4 is 0 Å². The molecule has 0 unspecified atom stereocenters. The van der Waals surface area contributed by atoms with E-state index in [9.17, 15) is 0 Å². The van der Waals surface area contributed by atoms with Crippen molar-refractivity contribution in [1.82, 2.24) is 0 Å². The van der Waals surface area contributed by atoms with Crippen molar-refractivity contribution in [3.05, 3.63) is 83.9 Å². The summed E-state index contributed by atoms with van der Waals surface area (Å²) in [6.07, 6.45) is 1.90. The van der Waals surface area contributed by atoms with Crippen LogP contribution in [0, 0.1) is 0 Å². The zero-order valence-corrected chi connectivity index (χ0v) is 14.3. The molecule has 0 fully saturated rings. The first kappa shape index (κ1) is 17.2. The van der Waals surface area contributed by atoms with Crippen molar-refractivity contribution >= 4 is 11.1 Å². The molecule has 0 saturated heterocycles. The molecular formula is C22H26O. The smallest absolute Gasteiger partial charge is 0.0506 e. The molecule has 0 N–H and O–H groups in total. The lowest BCUT2D eigenvalue weighted by molar-refractivity contribution is 0.140. The first-order chi connectivity index (χ1) is 11.1. The molecule has 0 aliphatic rings. The van der Waals surface area contributed by atoms with E-state index in [1.54, 1.807) is 0 Å². The Morgan fingerprint density at radius 2 is 1.04 bits per heavy atom. The van der Waals surface area contributed by atoms with Crippen LogP contribution in [0.15, 0.2) is 61.7 Å². The third-order valence-electron chi connectivity index (χ3n) is 3.96. The van der Waals surface area contributed by atoms with Gasteiger partial charge >= 0.3 is 0 Å². The van der Waals surface area contributed by atoms with E-state index in [4.69, 9.17) is 4.74 Å². The monoisotopic (exact) mass is 306 g/mol. The first-order valence-electron chi connectivity index (χ1n) is 8.13. The molecule has 0 aliphatic heterocycles. The van der Waals surface area contributed by atoms with Gasteiger partial charge in [-0.1, -0.05) is 72.8 Å². The Bertz CT molecular complexity index is 588. The molecular weight excluding hydrogens is 280 g/mol. The van der Waals surface area contributed by atoms with Crippen LogP contribution in [0.5, 0.6) is 0 Å². The van der Waals surface area contributed by atoms with Gasteiger partial charge in [-0.3, -0.25) is 0 Å². The Kier molecular flexibility index (Phi) is 6.37. The van der Waals surface area contributed by atoms with Gasteiger partial charge in [0.1, 0.15) is 0 Å². The van der Waals surface area contributed by atoms with Crippen LogP contribution in [-0.4, -0.2) is 13.2 Å². The van der Waals surface area contributed by atoms with Crippen LogP contribution in [0.2, 0.25) is 0 Å². The van der Waals surface area contributed by atoms with Gasteiger partial charge in [0.05, 0.1) is 13.2 Å². The lowest BCUT2D eigenvalue weighted by Gasteiger charge is -2.07. The second-order valence-corrected chi connectivity index (χ2v) is 6.07. The van der Waals surface area contributed by atoms with E-state index in [0.717, 1.165) is 37.2 Å². The van der Waals surface area contributed by atoms with Crippen LogP contribution in [0.25, 0.3) is 11.1 Å². The van der Waals surface area contributed by atoms with Gasteiger partial charge in [0.2, 0.25) is 0 Å². The zero-order valence-electron chi connectivity index (χ0n) is 14.3. The highest BCUT2D eigenvalue weighted by molar-refractivity contribution is 5.61. The number of allylic oxidation sites excluding steroid dienone is 2. The van der Waals surface area contributed by atoms with Crippen LogP contribution in [0.4, 0.5) is 0 Å². The fraction of sp³-hybridized carbons (Fsp3) is 0.273. The minimum atomic E-state index is 0.760. The maximum atomic E-state index is 5.76. The standard InChI is InChI=1S/C22H26O/c1-17(2)21-9-5-19(6-10-21)13-15-23-16-14-20-7-11-22(12-8-20)18(3)4/h5-12H,1,3,13-16H2,2,4H3. The lowest BCUT2D eigenvalue weighted by atomic mass is 10.1. The van der Waals surface area contributed by atoms with Crippen LogP contribution in [-0.2, 0) is 17.6 Å². The van der Waals surface area contributed by atoms with E-state index in [0.29, 0.717) is 0 Å². The fourth-order valence-corrected chi connectivity index (χ4v) is 2.39. The maximum Gasteiger partial charge on any atom is 0.0506 e. The third kappa shape index (κ3) is 5.54. The molecule has 0 aromatic heterocycles. The topological polar surface area (TPSA) is 9.23 Å². The number of ether oxygens (including phenoxy) is 1. The Labute approximate surface area is 140 Å². The minimum Gasteiger partial charge on any atom is -0.381 e. The summed E-state index contributed by atoms with van der Waals surface area (Å²) in [5.74, 6) is 0. The van der Waals surface area contributed by atoms with Gasteiger partial charge < -0.3 is 4.74 Å². The van der Waals surface area contributed by atoms with E-state index < -0.39 is 0 Å². The molecule has 0 aliphatic carbocycles. The molecule has 2 rings (SSSR count). The molecule has 0 heterocycles. The van der Waals surface area contributed by atoms with Crippen molar-refractivity contribution in [3.63, 3.8) is 0 Å². The molecule has 0 spiro atoms. The summed E-state index contributed by atoms with van der Waals surface area (Å²) >= 11 is 0. The quantitative estimate of drug-likeness (QED) is 0.581. The summed E-state index contributed by atoms with van der Waals surface area (Å²) in [7, 11) is 0. The van der Waals surface area contributed by atoms with Crippen molar-refractivity contribution in [2.45, 2.75) is 26.7 Å². The molecule has 0 saturated carbocycles. The van der Waals surface area contributed by atoms with Gasteiger partial charge in [0.15, 0.2) is 0 Å². The number of rotatable bonds is 8. The van der Waals surface area contributed by atoms with Crippen molar-refractivity contribution in [2.75, 3.05) is 13.2 Å². The van der Waals surface area contributed by atoms with Gasteiger partial charge in [0.25, 0.3) is 0 Å². The summed E-state index contributed by atoms with van der Waals surface area (Å²) < 4.78 is 5.76. The normalized spacial score (nSPS) is 10.5. The molecule has 1 nitrogen and oxygen atoms in total. The average molecular weight is 306 g/mol. The van der Waals surface area contributed by atoms with Gasteiger partial charge in [-0.2, -0.15) is 0 Å². The number of benzene rings is 2. The summed E-state index contributed by atoms with van der Waals surface area (Å²) in [4.78, 5) is 0. The van der Waals surface area contributed by atoms with Gasteiger partial charge in [-0.05, 0) is 48.9 Å². The molecule has 0 radical (unpaired) electrons. The molecule has 2 aromatic carbocycles. The SMILES string of the molecule is C=C(C)c1ccc(CCOCCc2ccc(C(=C)C)cc2)cc1. The summed E-state index contributed by atoms with van der Waals surface area (Å²) in [5.41, 5.74) is 7.22. The van der Waals surface area contributed by atoms with E-state index in [1.165, 1.54) is 22.3 Å². The van der Waals surface area contributed by atoms with Gasteiger partial charge in [0, 0.05) is 0 Å².